The normalized spacial score (nSPS) is 11.2. The second-order valence-corrected chi connectivity index (χ2v) is 8.97. The van der Waals surface area contributed by atoms with Crippen LogP contribution in [0.15, 0.2) is 24.3 Å². The summed E-state index contributed by atoms with van der Waals surface area (Å²) >= 11 is 0. The van der Waals surface area contributed by atoms with Gasteiger partial charge < -0.3 is 0 Å². The number of aryl methyl sites for hydroxylation is 2. The molecule has 0 nitrogen and oxygen atoms in total. The maximum Gasteiger partial charge on any atom is -0.0279 e. The van der Waals surface area contributed by atoms with Gasteiger partial charge >= 0.3 is 0 Å². The molecule has 1 aromatic carbocycles. The van der Waals surface area contributed by atoms with Crippen molar-refractivity contribution >= 4 is 0 Å². The predicted octanol–water partition coefficient (Wildman–Crippen LogP) is 9.83. The summed E-state index contributed by atoms with van der Waals surface area (Å²) in [6, 6.07) is 9.53. The minimum absolute atomic E-state index is 1.27. The fraction of sp³-hybridized carbons (Fsp3) is 0.786. The lowest BCUT2D eigenvalue weighted by molar-refractivity contribution is 0.556. The molecule has 28 heavy (non-hydrogen) atoms. The zero-order valence-corrected chi connectivity index (χ0v) is 19.5. The van der Waals surface area contributed by atoms with E-state index in [0.29, 0.717) is 0 Å². The molecule has 0 aromatic heterocycles. The Hall–Kier alpha value is -0.780. The van der Waals surface area contributed by atoms with E-state index in [0.717, 1.165) is 0 Å². The summed E-state index contributed by atoms with van der Waals surface area (Å²) in [6.07, 6.45) is 28.1. The number of rotatable bonds is 20. The molecule has 0 unspecified atom stereocenters. The third-order valence-electron chi connectivity index (χ3n) is 6.16. The number of benzene rings is 1. The van der Waals surface area contributed by atoms with Crippen LogP contribution in [0, 0.1) is 0 Å². The molecule has 0 saturated carbocycles. The minimum atomic E-state index is 1.27. The SMILES string of the molecule is CCCCCCCCCCCCc1ccc(CCCCCCCCCC)cc1. The maximum absolute atomic E-state index is 2.38. The van der Waals surface area contributed by atoms with Gasteiger partial charge in [0.25, 0.3) is 0 Å². The van der Waals surface area contributed by atoms with E-state index >= 15 is 0 Å². The van der Waals surface area contributed by atoms with Crippen LogP contribution in [-0.2, 0) is 12.8 Å². The van der Waals surface area contributed by atoms with Crippen molar-refractivity contribution < 1.29 is 0 Å². The summed E-state index contributed by atoms with van der Waals surface area (Å²) in [7, 11) is 0. The van der Waals surface area contributed by atoms with Gasteiger partial charge in [-0.2, -0.15) is 0 Å². The lowest BCUT2D eigenvalue weighted by Crippen LogP contribution is -1.90. The maximum atomic E-state index is 2.38. The highest BCUT2D eigenvalue weighted by Crippen LogP contribution is 2.15. The third kappa shape index (κ3) is 15.2. The molecule has 0 spiro atoms. The van der Waals surface area contributed by atoms with E-state index in [9.17, 15) is 0 Å². The first-order chi connectivity index (χ1) is 13.9. The van der Waals surface area contributed by atoms with E-state index in [-0.39, 0.29) is 0 Å². The van der Waals surface area contributed by atoms with Crippen LogP contribution in [0.5, 0.6) is 0 Å². The van der Waals surface area contributed by atoms with Gasteiger partial charge in [-0.15, -0.1) is 0 Å². The molecular formula is C28H50. The molecule has 0 amide bonds. The average molecular weight is 387 g/mol. The van der Waals surface area contributed by atoms with Gasteiger partial charge in [0.15, 0.2) is 0 Å². The van der Waals surface area contributed by atoms with Crippen molar-refractivity contribution in [1.29, 1.82) is 0 Å². The standard InChI is InChI=1S/C28H50/c1-3-5-7-9-11-13-14-16-18-20-22-28-25-23-27(24-26-28)21-19-17-15-12-10-8-6-4-2/h23-26H,3-22H2,1-2H3. The molecule has 0 atom stereocenters. The Kier molecular flexibility index (Phi) is 17.6. The summed E-state index contributed by atoms with van der Waals surface area (Å²) in [5.41, 5.74) is 3.08. The largest absolute Gasteiger partial charge is 0.0654 e. The van der Waals surface area contributed by atoms with Crippen molar-refractivity contribution in [3.63, 3.8) is 0 Å². The summed E-state index contributed by atoms with van der Waals surface area (Å²) in [5.74, 6) is 0. The molecule has 0 aliphatic carbocycles. The van der Waals surface area contributed by atoms with Gasteiger partial charge in [0.05, 0.1) is 0 Å². The van der Waals surface area contributed by atoms with E-state index in [4.69, 9.17) is 0 Å². The summed E-state index contributed by atoms with van der Waals surface area (Å²) in [4.78, 5) is 0. The highest BCUT2D eigenvalue weighted by Gasteiger charge is 1.98. The Bertz CT molecular complexity index is 416. The van der Waals surface area contributed by atoms with Crippen LogP contribution >= 0.6 is 0 Å². The minimum Gasteiger partial charge on any atom is -0.0654 e. The predicted molar refractivity (Wildman–Crippen MR) is 128 cm³/mol. The van der Waals surface area contributed by atoms with Crippen LogP contribution in [0.1, 0.15) is 141 Å². The molecule has 1 aromatic rings. The third-order valence-corrected chi connectivity index (χ3v) is 6.16. The molecule has 0 heteroatoms. The van der Waals surface area contributed by atoms with Gasteiger partial charge in [-0.25, -0.2) is 0 Å². The Morgan fingerprint density at radius 1 is 0.357 bits per heavy atom. The van der Waals surface area contributed by atoms with Crippen molar-refractivity contribution in [1.82, 2.24) is 0 Å². The van der Waals surface area contributed by atoms with Crippen LogP contribution < -0.4 is 0 Å². The second kappa shape index (κ2) is 19.5. The second-order valence-electron chi connectivity index (χ2n) is 8.97. The van der Waals surface area contributed by atoms with Crippen LogP contribution in [0.25, 0.3) is 0 Å². The summed E-state index contributed by atoms with van der Waals surface area (Å²) in [6.45, 7) is 4.59. The molecular weight excluding hydrogens is 336 g/mol. The van der Waals surface area contributed by atoms with Gasteiger partial charge in [0, 0.05) is 0 Å². The van der Waals surface area contributed by atoms with Gasteiger partial charge in [-0.3, -0.25) is 0 Å². The van der Waals surface area contributed by atoms with Crippen molar-refractivity contribution in [2.24, 2.45) is 0 Å². The fourth-order valence-corrected chi connectivity index (χ4v) is 4.15. The first kappa shape index (κ1) is 25.3. The molecule has 0 radical (unpaired) electrons. The molecule has 0 saturated heterocycles. The van der Waals surface area contributed by atoms with Crippen LogP contribution in [0.2, 0.25) is 0 Å². The Morgan fingerprint density at radius 2 is 0.607 bits per heavy atom. The zero-order valence-electron chi connectivity index (χ0n) is 19.5. The van der Waals surface area contributed by atoms with Crippen molar-refractivity contribution in [3.8, 4) is 0 Å². The molecule has 0 aliphatic heterocycles. The van der Waals surface area contributed by atoms with Gasteiger partial charge in [0.2, 0.25) is 0 Å². The molecule has 0 heterocycles. The van der Waals surface area contributed by atoms with Gasteiger partial charge in [0.1, 0.15) is 0 Å². The smallest absolute Gasteiger partial charge is 0.0279 e. The van der Waals surface area contributed by atoms with E-state index in [1.54, 1.807) is 5.56 Å². The monoisotopic (exact) mass is 386 g/mol. The Labute approximate surface area is 177 Å². The zero-order chi connectivity index (χ0) is 20.1. The summed E-state index contributed by atoms with van der Waals surface area (Å²) < 4.78 is 0. The number of unbranched alkanes of at least 4 members (excludes halogenated alkanes) is 16. The van der Waals surface area contributed by atoms with Crippen molar-refractivity contribution in [2.45, 2.75) is 142 Å². The molecule has 162 valence electrons. The Morgan fingerprint density at radius 3 is 0.893 bits per heavy atom. The molecule has 0 fully saturated rings. The first-order valence-electron chi connectivity index (χ1n) is 12.9. The molecule has 0 bridgehead atoms. The molecule has 1 rings (SSSR count). The van der Waals surface area contributed by atoms with Crippen molar-refractivity contribution in [3.05, 3.63) is 35.4 Å². The highest BCUT2D eigenvalue weighted by atomic mass is 14.0. The quantitative estimate of drug-likeness (QED) is 0.196. The van der Waals surface area contributed by atoms with E-state index in [1.807, 2.05) is 0 Å². The number of hydrogen-bond donors (Lipinski definition) is 0. The average Bonchev–Trinajstić information content (AvgIpc) is 2.72. The first-order valence-corrected chi connectivity index (χ1v) is 12.9. The highest BCUT2D eigenvalue weighted by molar-refractivity contribution is 5.22. The Balaban J connectivity index is 1.94. The topological polar surface area (TPSA) is 0 Å². The van der Waals surface area contributed by atoms with E-state index in [2.05, 4.69) is 38.1 Å². The fourth-order valence-electron chi connectivity index (χ4n) is 4.15. The summed E-state index contributed by atoms with van der Waals surface area (Å²) in [5, 5.41) is 0. The molecule has 0 N–H and O–H groups in total. The molecule has 0 aliphatic rings. The van der Waals surface area contributed by atoms with E-state index in [1.165, 1.54) is 134 Å². The van der Waals surface area contributed by atoms with Crippen LogP contribution in [0.3, 0.4) is 0 Å². The lowest BCUT2D eigenvalue weighted by atomic mass is 10.0. The van der Waals surface area contributed by atoms with Crippen molar-refractivity contribution in [2.75, 3.05) is 0 Å². The lowest BCUT2D eigenvalue weighted by Gasteiger charge is -2.06. The van der Waals surface area contributed by atoms with E-state index < -0.39 is 0 Å². The van der Waals surface area contributed by atoms with Crippen LogP contribution in [0.4, 0.5) is 0 Å². The van der Waals surface area contributed by atoms with Gasteiger partial charge in [-0.1, -0.05) is 141 Å². The number of hydrogen-bond acceptors (Lipinski definition) is 0. The van der Waals surface area contributed by atoms with Crippen LogP contribution in [-0.4, -0.2) is 0 Å². The van der Waals surface area contributed by atoms with Gasteiger partial charge in [-0.05, 0) is 36.8 Å².